The lowest BCUT2D eigenvalue weighted by Crippen LogP contribution is -2.16. The van der Waals surface area contributed by atoms with Crippen molar-refractivity contribution in [3.05, 3.63) is 28.8 Å². The van der Waals surface area contributed by atoms with Gasteiger partial charge in [-0.3, -0.25) is 4.79 Å². The predicted octanol–water partition coefficient (Wildman–Crippen LogP) is 2.41. The third-order valence-corrected chi connectivity index (χ3v) is 2.57. The van der Waals surface area contributed by atoms with Gasteiger partial charge in [0, 0.05) is 13.5 Å². The minimum absolute atomic E-state index is 0.0875. The average molecular weight is 281 g/mol. The number of benzene rings is 1. The number of ether oxygens (including phenoxy) is 2. The number of rotatable bonds is 5. The lowest BCUT2D eigenvalue weighted by molar-refractivity contribution is -0.134. The van der Waals surface area contributed by atoms with Gasteiger partial charge in [0.2, 0.25) is 0 Å². The first-order chi connectivity index (χ1) is 9.47. The monoisotopic (exact) mass is 281 g/mol. The molecule has 0 unspecified atom stereocenters. The van der Waals surface area contributed by atoms with Crippen molar-refractivity contribution in [2.45, 2.75) is 33.8 Å². The van der Waals surface area contributed by atoms with Crippen LogP contribution in [0.1, 0.15) is 30.0 Å². The van der Waals surface area contributed by atoms with Crippen molar-refractivity contribution in [3.63, 3.8) is 0 Å². The summed E-state index contributed by atoms with van der Waals surface area (Å²) < 4.78 is 10.2. The lowest BCUT2D eigenvalue weighted by Gasteiger charge is -2.12. The summed E-state index contributed by atoms with van der Waals surface area (Å²) in [7, 11) is 1.46. The number of nitrogens with one attached hydrogen (secondary N) is 1. The van der Waals surface area contributed by atoms with Crippen molar-refractivity contribution in [3.8, 4) is 5.75 Å². The summed E-state index contributed by atoms with van der Waals surface area (Å²) >= 11 is 0. The summed E-state index contributed by atoms with van der Waals surface area (Å²) in [6.07, 6.45) is -0.483. The highest BCUT2D eigenvalue weighted by molar-refractivity contribution is 5.73. The van der Waals surface area contributed by atoms with Crippen LogP contribution in [0, 0.1) is 13.8 Å². The molecule has 6 nitrogen and oxygen atoms in total. The largest absolute Gasteiger partial charge is 0.528 e. The van der Waals surface area contributed by atoms with Crippen LogP contribution in [-0.2, 0) is 21.0 Å². The van der Waals surface area contributed by atoms with Crippen LogP contribution < -0.4 is 10.2 Å². The van der Waals surface area contributed by atoms with Crippen molar-refractivity contribution < 1.29 is 23.9 Å². The second kappa shape index (κ2) is 7.49. The summed E-state index contributed by atoms with van der Waals surface area (Å²) in [6.45, 7) is 5.49. The van der Waals surface area contributed by atoms with E-state index in [1.165, 1.54) is 7.05 Å². The van der Waals surface area contributed by atoms with Gasteiger partial charge in [-0.15, -0.1) is 0 Å². The van der Waals surface area contributed by atoms with E-state index in [-0.39, 0.29) is 12.6 Å². The van der Waals surface area contributed by atoms with Gasteiger partial charge in [0.15, 0.2) is 0 Å². The summed E-state index contributed by atoms with van der Waals surface area (Å²) in [4.78, 5) is 26.8. The predicted molar refractivity (Wildman–Crippen MR) is 72.2 cm³/mol. The molecule has 1 aromatic rings. The Labute approximate surface area is 118 Å². The van der Waals surface area contributed by atoms with E-state index in [2.05, 4.69) is 10.3 Å². The molecule has 1 N–H and O–H groups in total. The number of carbonyl (C=O) groups is 2. The number of carbonyl (C=O) groups excluding carboxylic acids is 2. The molecule has 0 fully saturated rings. The Bertz CT molecular complexity index is 475. The smallest absolute Gasteiger partial charge is 0.428 e. The molecule has 0 amide bonds. The standard InChI is InChI=1S/C14H19NO5/c1-5-12(16)19-13-9(2)6-11(7-10(13)3)8-18-14(17)20-15-4/h6-7,15H,5,8H2,1-4H3. The Morgan fingerprint density at radius 1 is 1.20 bits per heavy atom. The maximum Gasteiger partial charge on any atom is 0.528 e. The van der Waals surface area contributed by atoms with Crippen LogP contribution in [0.4, 0.5) is 4.79 Å². The molecule has 0 aliphatic heterocycles. The van der Waals surface area contributed by atoms with Crippen LogP contribution in [0.2, 0.25) is 0 Å². The van der Waals surface area contributed by atoms with Gasteiger partial charge in [0.25, 0.3) is 0 Å². The number of esters is 1. The van der Waals surface area contributed by atoms with E-state index in [0.29, 0.717) is 12.2 Å². The Morgan fingerprint density at radius 3 is 2.30 bits per heavy atom. The van der Waals surface area contributed by atoms with Crippen molar-refractivity contribution in [1.82, 2.24) is 5.48 Å². The van der Waals surface area contributed by atoms with Gasteiger partial charge in [0.05, 0.1) is 0 Å². The molecule has 110 valence electrons. The zero-order valence-corrected chi connectivity index (χ0v) is 12.1. The van der Waals surface area contributed by atoms with Crippen molar-refractivity contribution >= 4 is 12.1 Å². The minimum atomic E-state index is -0.802. The van der Waals surface area contributed by atoms with E-state index in [4.69, 9.17) is 9.47 Å². The van der Waals surface area contributed by atoms with E-state index >= 15 is 0 Å². The topological polar surface area (TPSA) is 73.9 Å². The van der Waals surface area contributed by atoms with E-state index in [1.807, 2.05) is 13.8 Å². The molecule has 1 aromatic carbocycles. The highest BCUT2D eigenvalue weighted by atomic mass is 16.8. The van der Waals surface area contributed by atoms with E-state index < -0.39 is 6.16 Å². The maximum atomic E-state index is 11.3. The Hall–Kier alpha value is -2.08. The van der Waals surface area contributed by atoms with Crippen LogP contribution in [0.25, 0.3) is 0 Å². The molecule has 0 aliphatic rings. The Morgan fingerprint density at radius 2 is 1.80 bits per heavy atom. The first-order valence-electron chi connectivity index (χ1n) is 6.29. The summed E-state index contributed by atoms with van der Waals surface area (Å²) in [5, 5.41) is 0. The SMILES string of the molecule is CCC(=O)Oc1c(C)cc(COC(=O)ONC)cc1C. The summed E-state index contributed by atoms with van der Waals surface area (Å²) in [6, 6.07) is 3.61. The highest BCUT2D eigenvalue weighted by Crippen LogP contribution is 2.25. The van der Waals surface area contributed by atoms with Crippen LogP contribution in [-0.4, -0.2) is 19.2 Å². The molecule has 0 radical (unpaired) electrons. The third-order valence-electron chi connectivity index (χ3n) is 2.57. The van der Waals surface area contributed by atoms with Gasteiger partial charge >= 0.3 is 12.1 Å². The Balaban J connectivity index is 2.77. The average Bonchev–Trinajstić information content (AvgIpc) is 2.40. The van der Waals surface area contributed by atoms with E-state index in [9.17, 15) is 9.59 Å². The number of aryl methyl sites for hydroxylation is 2. The molecule has 0 saturated carbocycles. The van der Waals surface area contributed by atoms with Crippen LogP contribution in [0.3, 0.4) is 0 Å². The molecule has 0 spiro atoms. The van der Waals surface area contributed by atoms with Crippen molar-refractivity contribution in [2.24, 2.45) is 0 Å². The van der Waals surface area contributed by atoms with Gasteiger partial charge < -0.3 is 14.3 Å². The second-order valence-electron chi connectivity index (χ2n) is 4.23. The lowest BCUT2D eigenvalue weighted by atomic mass is 10.1. The van der Waals surface area contributed by atoms with Crippen molar-refractivity contribution in [1.29, 1.82) is 0 Å². The first kappa shape index (κ1) is 16.0. The molecule has 20 heavy (non-hydrogen) atoms. The van der Waals surface area contributed by atoms with Crippen LogP contribution >= 0.6 is 0 Å². The molecule has 0 aliphatic carbocycles. The summed E-state index contributed by atoms with van der Waals surface area (Å²) in [5.41, 5.74) is 4.65. The second-order valence-corrected chi connectivity index (χ2v) is 4.23. The fourth-order valence-corrected chi connectivity index (χ4v) is 1.73. The molecule has 1 rings (SSSR count). The van der Waals surface area contributed by atoms with Crippen LogP contribution in [0.5, 0.6) is 5.75 Å². The van der Waals surface area contributed by atoms with Gasteiger partial charge in [-0.05, 0) is 42.7 Å². The highest BCUT2D eigenvalue weighted by Gasteiger charge is 2.11. The van der Waals surface area contributed by atoms with Gasteiger partial charge in [-0.1, -0.05) is 6.92 Å². The van der Waals surface area contributed by atoms with Gasteiger partial charge in [0.1, 0.15) is 12.4 Å². The molecule has 0 aromatic heterocycles. The zero-order chi connectivity index (χ0) is 15.1. The number of hydrogen-bond acceptors (Lipinski definition) is 6. The molecule has 0 heterocycles. The van der Waals surface area contributed by atoms with Crippen molar-refractivity contribution in [2.75, 3.05) is 7.05 Å². The third kappa shape index (κ3) is 4.55. The van der Waals surface area contributed by atoms with Gasteiger partial charge in [-0.25, -0.2) is 4.79 Å². The fourth-order valence-electron chi connectivity index (χ4n) is 1.73. The number of hydrogen-bond donors (Lipinski definition) is 1. The molecule has 0 saturated heterocycles. The maximum absolute atomic E-state index is 11.3. The fraction of sp³-hybridized carbons (Fsp3) is 0.429. The van der Waals surface area contributed by atoms with E-state index in [0.717, 1.165) is 16.7 Å². The summed E-state index contributed by atoms with van der Waals surface area (Å²) in [5.74, 6) is 0.274. The zero-order valence-electron chi connectivity index (χ0n) is 12.1. The first-order valence-corrected chi connectivity index (χ1v) is 6.29. The van der Waals surface area contributed by atoms with Crippen LogP contribution in [0.15, 0.2) is 12.1 Å². The molecular formula is C14H19NO5. The molecule has 0 bridgehead atoms. The minimum Gasteiger partial charge on any atom is -0.428 e. The molecule has 0 atom stereocenters. The Kier molecular flexibility index (Phi) is 5.99. The quantitative estimate of drug-likeness (QED) is 0.507. The van der Waals surface area contributed by atoms with Gasteiger partial charge in [-0.2, -0.15) is 5.48 Å². The number of hydroxylamine groups is 1. The van der Waals surface area contributed by atoms with E-state index in [1.54, 1.807) is 19.1 Å². The molecular weight excluding hydrogens is 262 g/mol. The normalized spacial score (nSPS) is 10.0. The molecule has 6 heteroatoms.